The van der Waals surface area contributed by atoms with Crippen molar-refractivity contribution in [3.8, 4) is 17.1 Å². The van der Waals surface area contributed by atoms with Crippen LogP contribution in [0.5, 0.6) is 5.75 Å². The molecule has 0 saturated carbocycles. The van der Waals surface area contributed by atoms with Gasteiger partial charge in [0, 0.05) is 10.6 Å². The van der Waals surface area contributed by atoms with Gasteiger partial charge < -0.3 is 15.9 Å². The van der Waals surface area contributed by atoms with E-state index < -0.39 is 5.25 Å². The Morgan fingerprint density at radius 3 is 2.79 bits per heavy atom. The van der Waals surface area contributed by atoms with Crippen molar-refractivity contribution in [2.24, 2.45) is 0 Å². The van der Waals surface area contributed by atoms with Crippen LogP contribution < -0.4 is 15.9 Å². The number of carbonyl (C=O) groups excluding carboxylic acids is 1. The molecular weight excluding hydrogens is 398 g/mol. The highest BCUT2D eigenvalue weighted by Crippen LogP contribution is 2.29. The smallest absolute Gasteiger partial charge is 0.237 e. The molecule has 2 aromatic carbocycles. The van der Waals surface area contributed by atoms with E-state index in [-0.39, 0.29) is 5.91 Å². The van der Waals surface area contributed by atoms with Crippen LogP contribution in [0.2, 0.25) is 5.02 Å². The summed E-state index contributed by atoms with van der Waals surface area (Å²) in [5, 5.41) is 11.7. The van der Waals surface area contributed by atoms with Gasteiger partial charge in [0.2, 0.25) is 11.1 Å². The van der Waals surface area contributed by atoms with E-state index in [2.05, 4.69) is 15.5 Å². The molecule has 0 bridgehead atoms. The van der Waals surface area contributed by atoms with Gasteiger partial charge in [-0.1, -0.05) is 41.6 Å². The number of amides is 1. The molecule has 0 fully saturated rings. The standard InChI is InChI=1S/C19H20ClN5O2S/c1-11-7-8-16(27-3)15(9-11)22-18(26)12(2)28-19-24-23-17(25(19)21)13-5-4-6-14(20)10-13/h4-10,12H,21H2,1-3H3,(H,22,26)/t12-/m1/s1. The molecule has 3 rings (SSSR count). The molecule has 0 radical (unpaired) electrons. The first kappa shape index (κ1) is 20.0. The van der Waals surface area contributed by atoms with Crippen LogP contribution >= 0.6 is 23.4 Å². The van der Waals surface area contributed by atoms with Gasteiger partial charge in [0.15, 0.2) is 5.82 Å². The van der Waals surface area contributed by atoms with Crippen molar-refractivity contribution in [1.82, 2.24) is 14.9 Å². The van der Waals surface area contributed by atoms with E-state index in [1.54, 1.807) is 26.2 Å². The zero-order valence-corrected chi connectivity index (χ0v) is 17.2. The molecule has 28 heavy (non-hydrogen) atoms. The van der Waals surface area contributed by atoms with Crippen molar-refractivity contribution >= 4 is 35.0 Å². The van der Waals surface area contributed by atoms with E-state index in [1.807, 2.05) is 37.3 Å². The molecule has 0 aliphatic heterocycles. The molecule has 1 amide bonds. The largest absolute Gasteiger partial charge is 0.495 e. The normalized spacial score (nSPS) is 11.9. The van der Waals surface area contributed by atoms with Crippen LogP contribution in [-0.2, 0) is 4.79 Å². The minimum Gasteiger partial charge on any atom is -0.495 e. The van der Waals surface area contributed by atoms with Gasteiger partial charge >= 0.3 is 0 Å². The summed E-state index contributed by atoms with van der Waals surface area (Å²) in [7, 11) is 1.56. The molecule has 0 aliphatic rings. The average Bonchev–Trinajstić information content (AvgIpc) is 3.02. The number of aromatic nitrogens is 3. The molecule has 9 heteroatoms. The Kier molecular flexibility index (Phi) is 6.11. The summed E-state index contributed by atoms with van der Waals surface area (Å²) < 4.78 is 6.66. The fourth-order valence-corrected chi connectivity index (χ4v) is 3.51. The molecular formula is C19H20ClN5O2S. The molecule has 3 N–H and O–H groups in total. The molecule has 1 aromatic heterocycles. The Hall–Kier alpha value is -2.71. The second kappa shape index (κ2) is 8.53. The minimum atomic E-state index is -0.455. The second-order valence-corrected chi connectivity index (χ2v) is 7.88. The average molecular weight is 418 g/mol. The number of hydrogen-bond donors (Lipinski definition) is 2. The molecule has 3 aromatic rings. The van der Waals surface area contributed by atoms with Crippen molar-refractivity contribution < 1.29 is 9.53 Å². The van der Waals surface area contributed by atoms with Gasteiger partial charge in [-0.2, -0.15) is 0 Å². The lowest BCUT2D eigenvalue weighted by Gasteiger charge is -2.14. The molecule has 7 nitrogen and oxygen atoms in total. The lowest BCUT2D eigenvalue weighted by molar-refractivity contribution is -0.115. The Morgan fingerprint density at radius 2 is 2.07 bits per heavy atom. The van der Waals surface area contributed by atoms with Crippen molar-refractivity contribution in [2.75, 3.05) is 18.3 Å². The van der Waals surface area contributed by atoms with Crippen molar-refractivity contribution in [3.05, 3.63) is 53.1 Å². The molecule has 0 aliphatic carbocycles. The zero-order chi connectivity index (χ0) is 20.3. The number of nitrogens with one attached hydrogen (secondary N) is 1. The first-order valence-corrected chi connectivity index (χ1v) is 9.73. The molecule has 146 valence electrons. The van der Waals surface area contributed by atoms with E-state index in [9.17, 15) is 4.79 Å². The summed E-state index contributed by atoms with van der Waals surface area (Å²) in [5.74, 6) is 7.00. The fraction of sp³-hybridized carbons (Fsp3) is 0.211. The molecule has 1 heterocycles. The third-order valence-electron chi connectivity index (χ3n) is 4.01. The van der Waals surface area contributed by atoms with Crippen LogP contribution in [0.3, 0.4) is 0 Å². The SMILES string of the molecule is COc1ccc(C)cc1NC(=O)[C@@H](C)Sc1nnc(-c2cccc(Cl)c2)n1N. The molecule has 0 saturated heterocycles. The Balaban J connectivity index is 1.74. The van der Waals surface area contributed by atoms with Crippen molar-refractivity contribution in [3.63, 3.8) is 0 Å². The van der Waals surface area contributed by atoms with Gasteiger partial charge in [0.25, 0.3) is 0 Å². The van der Waals surface area contributed by atoms with Crippen LogP contribution in [0.1, 0.15) is 12.5 Å². The third kappa shape index (κ3) is 4.40. The highest BCUT2D eigenvalue weighted by Gasteiger charge is 2.21. The van der Waals surface area contributed by atoms with Crippen LogP contribution in [0.25, 0.3) is 11.4 Å². The second-order valence-electron chi connectivity index (χ2n) is 6.14. The van der Waals surface area contributed by atoms with E-state index in [0.29, 0.717) is 27.4 Å². The number of carbonyl (C=O) groups is 1. The van der Waals surface area contributed by atoms with Gasteiger partial charge in [0.05, 0.1) is 18.0 Å². The van der Waals surface area contributed by atoms with Gasteiger partial charge in [-0.15, -0.1) is 10.2 Å². The van der Waals surface area contributed by atoms with Crippen LogP contribution in [0.15, 0.2) is 47.6 Å². The molecule has 0 unspecified atom stereocenters. The number of benzene rings is 2. The Morgan fingerprint density at radius 1 is 1.29 bits per heavy atom. The highest BCUT2D eigenvalue weighted by molar-refractivity contribution is 8.00. The number of anilines is 1. The van der Waals surface area contributed by atoms with Crippen LogP contribution in [0, 0.1) is 6.92 Å². The first-order valence-electron chi connectivity index (χ1n) is 8.47. The predicted molar refractivity (Wildman–Crippen MR) is 112 cm³/mol. The summed E-state index contributed by atoms with van der Waals surface area (Å²) >= 11 is 7.24. The first-order chi connectivity index (χ1) is 13.4. The van der Waals surface area contributed by atoms with Crippen LogP contribution in [0.4, 0.5) is 5.69 Å². The van der Waals surface area contributed by atoms with E-state index >= 15 is 0 Å². The summed E-state index contributed by atoms with van der Waals surface area (Å²) in [5.41, 5.74) is 2.38. The van der Waals surface area contributed by atoms with Crippen molar-refractivity contribution in [2.45, 2.75) is 24.3 Å². The predicted octanol–water partition coefficient (Wildman–Crippen LogP) is 3.75. The van der Waals surface area contributed by atoms with Gasteiger partial charge in [-0.05, 0) is 43.7 Å². The number of rotatable bonds is 6. The molecule has 0 spiro atoms. The van der Waals surface area contributed by atoms with Crippen LogP contribution in [-0.4, -0.2) is 33.1 Å². The minimum absolute atomic E-state index is 0.193. The van der Waals surface area contributed by atoms with Gasteiger partial charge in [-0.25, -0.2) is 4.68 Å². The third-order valence-corrected chi connectivity index (χ3v) is 5.30. The van der Waals surface area contributed by atoms with E-state index in [0.717, 1.165) is 11.1 Å². The van der Waals surface area contributed by atoms with E-state index in [1.165, 1.54) is 16.4 Å². The van der Waals surface area contributed by atoms with Gasteiger partial charge in [0.1, 0.15) is 5.75 Å². The number of nitrogen functional groups attached to an aromatic ring is 1. The number of nitrogens with two attached hydrogens (primary N) is 1. The Bertz CT molecular complexity index is 1010. The number of thioether (sulfide) groups is 1. The monoisotopic (exact) mass is 417 g/mol. The van der Waals surface area contributed by atoms with Crippen molar-refractivity contribution in [1.29, 1.82) is 0 Å². The number of ether oxygens (including phenoxy) is 1. The number of nitrogens with zero attached hydrogens (tertiary/aromatic N) is 3. The highest BCUT2D eigenvalue weighted by atomic mass is 35.5. The lowest BCUT2D eigenvalue weighted by atomic mass is 10.2. The number of halogens is 1. The number of methoxy groups -OCH3 is 1. The number of hydrogen-bond acceptors (Lipinski definition) is 6. The number of aryl methyl sites for hydroxylation is 1. The summed E-state index contributed by atoms with van der Waals surface area (Å²) in [4.78, 5) is 12.6. The fourth-order valence-electron chi connectivity index (χ4n) is 2.55. The topological polar surface area (TPSA) is 95.1 Å². The lowest BCUT2D eigenvalue weighted by Crippen LogP contribution is -2.24. The maximum atomic E-state index is 12.6. The van der Waals surface area contributed by atoms with Gasteiger partial charge in [-0.3, -0.25) is 4.79 Å². The summed E-state index contributed by atoms with van der Waals surface area (Å²) in [6.45, 7) is 3.72. The molecule has 1 atom stereocenters. The maximum absolute atomic E-state index is 12.6. The zero-order valence-electron chi connectivity index (χ0n) is 15.6. The Labute approximate surface area is 172 Å². The maximum Gasteiger partial charge on any atom is 0.237 e. The quantitative estimate of drug-likeness (QED) is 0.468. The van der Waals surface area contributed by atoms with E-state index in [4.69, 9.17) is 22.2 Å². The summed E-state index contributed by atoms with van der Waals surface area (Å²) in [6, 6.07) is 12.8. The summed E-state index contributed by atoms with van der Waals surface area (Å²) in [6.07, 6.45) is 0.